The van der Waals surface area contributed by atoms with Crippen LogP contribution in [-0.2, 0) is 0 Å². The fraction of sp³-hybridized carbons (Fsp3) is 0.394. The molecule has 3 rings (SSSR count). The second kappa shape index (κ2) is 15.2. The van der Waals surface area contributed by atoms with Gasteiger partial charge in [-0.15, -0.1) is 0 Å². The highest BCUT2D eigenvalue weighted by Gasteiger charge is 2.13. The van der Waals surface area contributed by atoms with Gasteiger partial charge in [-0.3, -0.25) is 0 Å². The molecule has 0 heterocycles. The molecule has 192 valence electrons. The summed E-state index contributed by atoms with van der Waals surface area (Å²) in [6, 6.07) is 28.1. The SMILES string of the molecule is CCCCN(CCCC)CCNc1ccc(/C(=C(/CC)c2ccc(OC)cc2)c2ccccc2)cc1. The Morgan fingerprint density at radius 1 is 0.694 bits per heavy atom. The molecule has 0 aliphatic rings. The Bertz CT molecular complexity index is 1030. The van der Waals surface area contributed by atoms with Crippen molar-refractivity contribution in [3.05, 3.63) is 95.6 Å². The van der Waals surface area contributed by atoms with Crippen LogP contribution in [0, 0.1) is 0 Å². The highest BCUT2D eigenvalue weighted by molar-refractivity contribution is 5.98. The second-order valence-electron chi connectivity index (χ2n) is 9.35. The summed E-state index contributed by atoms with van der Waals surface area (Å²) in [5.74, 6) is 0.883. The predicted molar refractivity (Wildman–Crippen MR) is 157 cm³/mol. The molecule has 0 aliphatic carbocycles. The number of rotatable bonds is 15. The van der Waals surface area contributed by atoms with Gasteiger partial charge in [0.05, 0.1) is 7.11 Å². The molecule has 3 aromatic rings. The number of unbranched alkanes of at least 4 members (excludes halogenated alkanes) is 2. The van der Waals surface area contributed by atoms with Crippen LogP contribution in [0.1, 0.15) is 69.6 Å². The molecule has 0 fully saturated rings. The zero-order valence-corrected chi connectivity index (χ0v) is 22.7. The van der Waals surface area contributed by atoms with Crippen LogP contribution < -0.4 is 10.1 Å². The Balaban J connectivity index is 1.81. The highest BCUT2D eigenvalue weighted by Crippen LogP contribution is 2.35. The van der Waals surface area contributed by atoms with E-state index in [0.717, 1.165) is 25.3 Å². The molecule has 36 heavy (non-hydrogen) atoms. The lowest BCUT2D eigenvalue weighted by atomic mass is 9.88. The van der Waals surface area contributed by atoms with Gasteiger partial charge in [0, 0.05) is 18.8 Å². The molecule has 1 N–H and O–H groups in total. The molecule has 0 saturated heterocycles. The quantitative estimate of drug-likeness (QED) is 0.219. The number of ether oxygens (including phenoxy) is 1. The van der Waals surface area contributed by atoms with E-state index in [4.69, 9.17) is 4.74 Å². The van der Waals surface area contributed by atoms with E-state index in [1.165, 1.54) is 72.3 Å². The van der Waals surface area contributed by atoms with Crippen LogP contribution in [0.4, 0.5) is 5.69 Å². The first-order chi connectivity index (χ1) is 17.7. The van der Waals surface area contributed by atoms with E-state index in [9.17, 15) is 0 Å². The number of methoxy groups -OCH3 is 1. The van der Waals surface area contributed by atoms with Gasteiger partial charge >= 0.3 is 0 Å². The predicted octanol–water partition coefficient (Wildman–Crippen LogP) is 8.38. The summed E-state index contributed by atoms with van der Waals surface area (Å²) in [4.78, 5) is 2.60. The fourth-order valence-corrected chi connectivity index (χ4v) is 4.65. The van der Waals surface area contributed by atoms with E-state index in [0.29, 0.717) is 0 Å². The number of allylic oxidation sites excluding steroid dienone is 1. The summed E-state index contributed by atoms with van der Waals surface area (Å²) in [5.41, 5.74) is 7.53. The molecule has 0 aliphatic heterocycles. The summed E-state index contributed by atoms with van der Waals surface area (Å²) in [7, 11) is 1.71. The first-order valence-corrected chi connectivity index (χ1v) is 13.7. The van der Waals surface area contributed by atoms with Crippen molar-refractivity contribution >= 4 is 16.8 Å². The first kappa shape index (κ1) is 27.5. The minimum atomic E-state index is 0.883. The number of hydrogen-bond donors (Lipinski definition) is 1. The van der Waals surface area contributed by atoms with Crippen molar-refractivity contribution in [3.8, 4) is 5.75 Å². The monoisotopic (exact) mass is 484 g/mol. The van der Waals surface area contributed by atoms with E-state index < -0.39 is 0 Å². The summed E-state index contributed by atoms with van der Waals surface area (Å²) in [6.45, 7) is 11.2. The largest absolute Gasteiger partial charge is 0.497 e. The Morgan fingerprint density at radius 2 is 1.28 bits per heavy atom. The zero-order valence-electron chi connectivity index (χ0n) is 22.7. The van der Waals surface area contributed by atoms with Crippen LogP contribution in [0.5, 0.6) is 5.75 Å². The molecular formula is C33H44N2O. The fourth-order valence-electron chi connectivity index (χ4n) is 4.65. The zero-order chi connectivity index (χ0) is 25.6. The topological polar surface area (TPSA) is 24.5 Å². The lowest BCUT2D eigenvalue weighted by Gasteiger charge is -2.22. The molecule has 3 aromatic carbocycles. The molecule has 0 radical (unpaired) electrons. The summed E-state index contributed by atoms with van der Waals surface area (Å²) < 4.78 is 5.38. The van der Waals surface area contributed by atoms with Crippen molar-refractivity contribution in [1.82, 2.24) is 4.90 Å². The van der Waals surface area contributed by atoms with Crippen molar-refractivity contribution < 1.29 is 4.74 Å². The van der Waals surface area contributed by atoms with Gasteiger partial charge < -0.3 is 15.0 Å². The molecule has 0 atom stereocenters. The van der Waals surface area contributed by atoms with Gasteiger partial charge in [0.15, 0.2) is 0 Å². The molecule has 0 unspecified atom stereocenters. The maximum absolute atomic E-state index is 5.38. The second-order valence-corrected chi connectivity index (χ2v) is 9.35. The highest BCUT2D eigenvalue weighted by atomic mass is 16.5. The van der Waals surface area contributed by atoms with E-state index in [2.05, 4.69) is 97.7 Å². The van der Waals surface area contributed by atoms with Gasteiger partial charge in [-0.25, -0.2) is 0 Å². The minimum Gasteiger partial charge on any atom is -0.497 e. The lowest BCUT2D eigenvalue weighted by Crippen LogP contribution is -2.31. The third-order valence-electron chi connectivity index (χ3n) is 6.74. The summed E-state index contributed by atoms with van der Waals surface area (Å²) in [6.07, 6.45) is 6.01. The van der Waals surface area contributed by atoms with Crippen molar-refractivity contribution in [1.29, 1.82) is 0 Å². The molecule has 0 aromatic heterocycles. The van der Waals surface area contributed by atoms with Crippen molar-refractivity contribution in [2.24, 2.45) is 0 Å². The van der Waals surface area contributed by atoms with Gasteiger partial charge in [0.2, 0.25) is 0 Å². The number of hydrogen-bond acceptors (Lipinski definition) is 3. The maximum Gasteiger partial charge on any atom is 0.118 e. The average molecular weight is 485 g/mol. The van der Waals surface area contributed by atoms with Gasteiger partial charge in [-0.1, -0.05) is 88.2 Å². The lowest BCUT2D eigenvalue weighted by molar-refractivity contribution is 0.275. The Hall–Kier alpha value is -3.04. The number of nitrogens with one attached hydrogen (secondary N) is 1. The van der Waals surface area contributed by atoms with Crippen LogP contribution >= 0.6 is 0 Å². The molecular weight excluding hydrogens is 440 g/mol. The first-order valence-electron chi connectivity index (χ1n) is 13.7. The van der Waals surface area contributed by atoms with Gasteiger partial charge in [0.25, 0.3) is 0 Å². The standard InChI is InChI=1S/C33H44N2O/c1-5-8-24-35(25-9-6-2)26-23-34-30-19-15-29(16-20-30)33(28-13-11-10-12-14-28)32(7-3)27-17-21-31(36-4)22-18-27/h10-22,34H,5-9,23-26H2,1-4H3/b33-32-. The summed E-state index contributed by atoms with van der Waals surface area (Å²) >= 11 is 0. The molecule has 0 bridgehead atoms. The maximum atomic E-state index is 5.38. The molecule has 0 saturated carbocycles. The average Bonchev–Trinajstić information content (AvgIpc) is 2.94. The molecule has 3 heteroatoms. The van der Waals surface area contributed by atoms with Crippen LogP contribution in [0.25, 0.3) is 11.1 Å². The third kappa shape index (κ3) is 7.99. The smallest absolute Gasteiger partial charge is 0.118 e. The van der Waals surface area contributed by atoms with Crippen LogP contribution in [0.3, 0.4) is 0 Å². The van der Waals surface area contributed by atoms with Gasteiger partial charge in [0.1, 0.15) is 5.75 Å². The van der Waals surface area contributed by atoms with Gasteiger partial charge in [-0.2, -0.15) is 0 Å². The van der Waals surface area contributed by atoms with Crippen LogP contribution in [0.15, 0.2) is 78.9 Å². The Morgan fingerprint density at radius 3 is 1.83 bits per heavy atom. The van der Waals surface area contributed by atoms with Crippen LogP contribution in [0.2, 0.25) is 0 Å². The minimum absolute atomic E-state index is 0.883. The van der Waals surface area contributed by atoms with Crippen molar-refractivity contribution in [2.75, 3.05) is 38.6 Å². The van der Waals surface area contributed by atoms with Crippen molar-refractivity contribution in [2.45, 2.75) is 52.9 Å². The Labute approximate surface area is 219 Å². The van der Waals surface area contributed by atoms with Crippen LogP contribution in [-0.4, -0.2) is 38.2 Å². The van der Waals surface area contributed by atoms with E-state index in [1.807, 2.05) is 12.1 Å². The Kier molecular flexibility index (Phi) is 11.6. The molecule has 3 nitrogen and oxygen atoms in total. The normalized spacial score (nSPS) is 11.9. The summed E-state index contributed by atoms with van der Waals surface area (Å²) in [5, 5.41) is 3.65. The third-order valence-corrected chi connectivity index (χ3v) is 6.74. The van der Waals surface area contributed by atoms with E-state index in [-0.39, 0.29) is 0 Å². The van der Waals surface area contributed by atoms with Crippen molar-refractivity contribution in [3.63, 3.8) is 0 Å². The molecule has 0 spiro atoms. The number of nitrogens with zero attached hydrogens (tertiary/aromatic N) is 1. The molecule has 0 amide bonds. The van der Waals surface area contributed by atoms with E-state index >= 15 is 0 Å². The van der Waals surface area contributed by atoms with Gasteiger partial charge in [-0.05, 0) is 84.5 Å². The number of benzene rings is 3. The number of anilines is 1. The van der Waals surface area contributed by atoms with E-state index in [1.54, 1.807) is 7.11 Å².